The SMILES string of the molecule is CC/C=C\C/C=C\C/C=C\CCCCCCC(=O)OCC(COC(=O)CCC/C=C\CCCCCC)OC(=O)CCCCCCC/C=C\C/C=C\CC. The van der Waals surface area contributed by atoms with E-state index in [0.717, 1.165) is 116 Å². The zero-order valence-electron chi connectivity index (χ0n) is 34.3. The molecule has 0 amide bonds. The van der Waals surface area contributed by atoms with E-state index in [1.54, 1.807) is 0 Å². The van der Waals surface area contributed by atoms with Gasteiger partial charge < -0.3 is 14.2 Å². The molecule has 0 fully saturated rings. The largest absolute Gasteiger partial charge is 0.462 e. The summed E-state index contributed by atoms with van der Waals surface area (Å²) in [5, 5.41) is 0. The maximum absolute atomic E-state index is 12.7. The molecule has 6 nitrogen and oxygen atoms in total. The van der Waals surface area contributed by atoms with Gasteiger partial charge in [0.25, 0.3) is 0 Å². The number of hydrogen-bond acceptors (Lipinski definition) is 6. The Labute approximate surface area is 325 Å². The van der Waals surface area contributed by atoms with E-state index in [4.69, 9.17) is 14.2 Å². The summed E-state index contributed by atoms with van der Waals surface area (Å²) in [6, 6.07) is 0. The maximum Gasteiger partial charge on any atom is 0.306 e. The van der Waals surface area contributed by atoms with Gasteiger partial charge in [0, 0.05) is 19.3 Å². The lowest BCUT2D eigenvalue weighted by molar-refractivity contribution is -0.167. The molecule has 0 saturated heterocycles. The highest BCUT2D eigenvalue weighted by atomic mass is 16.6. The van der Waals surface area contributed by atoms with Crippen LogP contribution in [-0.2, 0) is 28.6 Å². The lowest BCUT2D eigenvalue weighted by Gasteiger charge is -2.18. The second kappa shape index (κ2) is 41.6. The van der Waals surface area contributed by atoms with Crippen molar-refractivity contribution in [2.24, 2.45) is 0 Å². The monoisotopic (exact) mass is 739 g/mol. The van der Waals surface area contributed by atoms with Crippen molar-refractivity contribution in [1.29, 1.82) is 0 Å². The molecule has 0 aromatic carbocycles. The highest BCUT2D eigenvalue weighted by molar-refractivity contribution is 5.71. The van der Waals surface area contributed by atoms with Crippen molar-refractivity contribution >= 4 is 17.9 Å². The van der Waals surface area contributed by atoms with E-state index in [-0.39, 0.29) is 31.1 Å². The van der Waals surface area contributed by atoms with E-state index in [1.165, 1.54) is 25.7 Å². The number of esters is 3. The number of unbranched alkanes of at least 4 members (excludes halogenated alkanes) is 14. The van der Waals surface area contributed by atoms with Crippen LogP contribution in [0.25, 0.3) is 0 Å². The van der Waals surface area contributed by atoms with Crippen LogP contribution >= 0.6 is 0 Å². The van der Waals surface area contributed by atoms with Crippen molar-refractivity contribution in [3.63, 3.8) is 0 Å². The number of ether oxygens (including phenoxy) is 3. The first-order chi connectivity index (χ1) is 26.0. The smallest absolute Gasteiger partial charge is 0.306 e. The predicted octanol–water partition coefficient (Wildman–Crippen LogP) is 13.5. The number of hydrogen-bond donors (Lipinski definition) is 0. The third kappa shape index (κ3) is 39.9. The summed E-state index contributed by atoms with van der Waals surface area (Å²) in [4.78, 5) is 37.6. The van der Waals surface area contributed by atoms with Crippen molar-refractivity contribution in [3.05, 3.63) is 72.9 Å². The van der Waals surface area contributed by atoms with Crippen molar-refractivity contribution in [2.45, 2.75) is 194 Å². The number of allylic oxidation sites excluding steroid dienone is 12. The molecule has 0 bridgehead atoms. The highest BCUT2D eigenvalue weighted by Crippen LogP contribution is 2.12. The highest BCUT2D eigenvalue weighted by Gasteiger charge is 2.19. The molecule has 0 saturated carbocycles. The molecule has 0 aromatic rings. The molecule has 1 unspecified atom stereocenters. The van der Waals surface area contributed by atoms with Crippen molar-refractivity contribution in [1.82, 2.24) is 0 Å². The third-order valence-corrected chi connectivity index (χ3v) is 8.68. The minimum atomic E-state index is -0.799. The first kappa shape index (κ1) is 49.9. The molecule has 0 aliphatic carbocycles. The second-order valence-electron chi connectivity index (χ2n) is 13.8. The number of rotatable bonds is 37. The van der Waals surface area contributed by atoms with Crippen LogP contribution in [0.1, 0.15) is 188 Å². The van der Waals surface area contributed by atoms with Gasteiger partial charge in [-0.05, 0) is 96.3 Å². The fraction of sp³-hybridized carbons (Fsp3) is 0.681. The lowest BCUT2D eigenvalue weighted by Crippen LogP contribution is -2.30. The topological polar surface area (TPSA) is 78.9 Å². The van der Waals surface area contributed by atoms with Gasteiger partial charge >= 0.3 is 17.9 Å². The number of carbonyl (C=O) groups is 3. The van der Waals surface area contributed by atoms with E-state index in [0.29, 0.717) is 25.7 Å². The summed E-state index contributed by atoms with van der Waals surface area (Å²) in [6.07, 6.45) is 50.4. The number of carbonyl (C=O) groups excluding carboxylic acids is 3. The van der Waals surface area contributed by atoms with E-state index in [9.17, 15) is 14.4 Å². The summed E-state index contributed by atoms with van der Waals surface area (Å²) in [5.41, 5.74) is 0. The zero-order valence-corrected chi connectivity index (χ0v) is 34.3. The first-order valence-electron chi connectivity index (χ1n) is 21.4. The molecule has 0 rings (SSSR count). The Morgan fingerprint density at radius 2 is 0.755 bits per heavy atom. The van der Waals surface area contributed by atoms with Gasteiger partial charge in [-0.15, -0.1) is 0 Å². The molecule has 6 heteroatoms. The molecule has 0 aromatic heterocycles. The standard InChI is InChI=1S/C47H78O6/c1-4-7-10-13-16-19-21-23-24-26-28-31-34-37-40-46(49)52-43-44(42-51-45(48)39-36-33-30-27-18-15-12-9-6-3)53-47(50)41-38-35-32-29-25-22-20-17-14-11-8-5-2/h7-8,10-11,16-17,19-20,23-24,27,30,44H,4-6,9,12-15,18,21-22,25-26,28-29,31-43H2,1-3H3/b10-7-,11-8-,19-16-,20-17-,24-23-,30-27-. The summed E-state index contributed by atoms with van der Waals surface area (Å²) in [6.45, 7) is 6.29. The Balaban J connectivity index is 4.46. The quantitative estimate of drug-likeness (QED) is 0.0273. The Morgan fingerprint density at radius 1 is 0.396 bits per heavy atom. The zero-order chi connectivity index (χ0) is 38.7. The van der Waals surface area contributed by atoms with Gasteiger partial charge in [0.05, 0.1) is 0 Å². The lowest BCUT2D eigenvalue weighted by atomic mass is 10.1. The van der Waals surface area contributed by atoms with Gasteiger partial charge in [-0.3, -0.25) is 14.4 Å². The second-order valence-corrected chi connectivity index (χ2v) is 13.8. The van der Waals surface area contributed by atoms with Crippen molar-refractivity contribution in [2.75, 3.05) is 13.2 Å². The van der Waals surface area contributed by atoms with Crippen LogP contribution in [0, 0.1) is 0 Å². The molecular weight excluding hydrogens is 661 g/mol. The fourth-order valence-electron chi connectivity index (χ4n) is 5.50. The van der Waals surface area contributed by atoms with Crippen LogP contribution in [0.4, 0.5) is 0 Å². The molecule has 1 atom stereocenters. The van der Waals surface area contributed by atoms with Gasteiger partial charge in [-0.1, -0.05) is 145 Å². The predicted molar refractivity (Wildman–Crippen MR) is 224 cm³/mol. The molecule has 0 aliphatic heterocycles. The van der Waals surface area contributed by atoms with Gasteiger partial charge in [0.2, 0.25) is 0 Å². The van der Waals surface area contributed by atoms with Gasteiger partial charge in [-0.2, -0.15) is 0 Å². The van der Waals surface area contributed by atoms with E-state index in [2.05, 4.69) is 93.7 Å². The van der Waals surface area contributed by atoms with Gasteiger partial charge in [0.1, 0.15) is 13.2 Å². The van der Waals surface area contributed by atoms with Crippen LogP contribution in [0.15, 0.2) is 72.9 Å². The van der Waals surface area contributed by atoms with Crippen LogP contribution in [0.5, 0.6) is 0 Å². The molecular formula is C47H78O6. The third-order valence-electron chi connectivity index (χ3n) is 8.68. The Bertz CT molecular complexity index is 1030. The average molecular weight is 739 g/mol. The van der Waals surface area contributed by atoms with Crippen molar-refractivity contribution in [3.8, 4) is 0 Å². The Hall–Kier alpha value is -3.15. The van der Waals surface area contributed by atoms with Gasteiger partial charge in [0.15, 0.2) is 6.10 Å². The van der Waals surface area contributed by atoms with Crippen LogP contribution in [0.2, 0.25) is 0 Å². The molecule has 0 spiro atoms. The van der Waals surface area contributed by atoms with Crippen LogP contribution in [0.3, 0.4) is 0 Å². The minimum Gasteiger partial charge on any atom is -0.462 e. The van der Waals surface area contributed by atoms with E-state index < -0.39 is 6.10 Å². The average Bonchev–Trinajstić information content (AvgIpc) is 3.15. The summed E-state index contributed by atoms with van der Waals surface area (Å²) < 4.78 is 16.6. The molecule has 302 valence electrons. The molecule has 53 heavy (non-hydrogen) atoms. The summed E-state index contributed by atoms with van der Waals surface area (Å²) in [5.74, 6) is -0.984. The van der Waals surface area contributed by atoms with Gasteiger partial charge in [-0.25, -0.2) is 0 Å². The van der Waals surface area contributed by atoms with E-state index >= 15 is 0 Å². The molecule has 0 N–H and O–H groups in total. The van der Waals surface area contributed by atoms with Crippen LogP contribution in [-0.4, -0.2) is 37.2 Å². The fourth-order valence-corrected chi connectivity index (χ4v) is 5.50. The Morgan fingerprint density at radius 3 is 1.25 bits per heavy atom. The maximum atomic E-state index is 12.7. The molecule has 0 radical (unpaired) electrons. The Kier molecular flexibility index (Phi) is 39.1. The molecule has 0 aliphatic rings. The minimum absolute atomic E-state index is 0.103. The normalized spacial score (nSPS) is 12.7. The summed E-state index contributed by atoms with van der Waals surface area (Å²) in [7, 11) is 0. The first-order valence-corrected chi connectivity index (χ1v) is 21.4. The molecule has 0 heterocycles. The van der Waals surface area contributed by atoms with Crippen LogP contribution < -0.4 is 0 Å². The van der Waals surface area contributed by atoms with E-state index in [1.807, 2.05) is 0 Å². The summed E-state index contributed by atoms with van der Waals surface area (Å²) >= 11 is 0. The van der Waals surface area contributed by atoms with Crippen molar-refractivity contribution < 1.29 is 28.6 Å².